The van der Waals surface area contributed by atoms with Crippen molar-refractivity contribution in [1.29, 1.82) is 0 Å². The maximum atomic E-state index is 12.7. The smallest absolute Gasteiger partial charge is 0.462 e. The molecule has 0 radical (unpaired) electrons. The number of carbonyl (C=O) groups is 2. The number of allylic oxidation sites excluding steroid dienone is 8. The first-order chi connectivity index (χ1) is 25.5. The van der Waals surface area contributed by atoms with Crippen LogP contribution in [0.2, 0.25) is 0 Å². The van der Waals surface area contributed by atoms with E-state index < -0.39 is 26.5 Å². The van der Waals surface area contributed by atoms with Crippen molar-refractivity contribution >= 4 is 19.8 Å². The van der Waals surface area contributed by atoms with Crippen LogP contribution in [0.3, 0.4) is 0 Å². The van der Waals surface area contributed by atoms with Gasteiger partial charge < -0.3 is 18.9 Å². The van der Waals surface area contributed by atoms with Crippen LogP contribution < -0.4 is 0 Å². The van der Waals surface area contributed by atoms with E-state index in [0.717, 1.165) is 89.9 Å². The Morgan fingerprint density at radius 2 is 1.04 bits per heavy atom. The average Bonchev–Trinajstić information content (AvgIpc) is 3.10. The molecule has 0 fully saturated rings. The van der Waals surface area contributed by atoms with E-state index in [1.165, 1.54) is 38.5 Å². The molecule has 0 aromatic heterocycles. The lowest BCUT2D eigenvalue weighted by Crippen LogP contribution is -2.37. The Labute approximate surface area is 324 Å². The van der Waals surface area contributed by atoms with Gasteiger partial charge in [0.15, 0.2) is 6.10 Å². The number of rotatable bonds is 37. The summed E-state index contributed by atoms with van der Waals surface area (Å²) in [6.07, 6.45) is 40.1. The van der Waals surface area contributed by atoms with Crippen molar-refractivity contribution in [2.24, 2.45) is 0 Å². The van der Waals surface area contributed by atoms with Crippen molar-refractivity contribution < 1.29 is 42.1 Å². The van der Waals surface area contributed by atoms with Crippen LogP contribution in [0.25, 0.3) is 0 Å². The number of phosphoric acid groups is 1. The molecule has 0 aromatic rings. The predicted molar refractivity (Wildman–Crippen MR) is 220 cm³/mol. The zero-order chi connectivity index (χ0) is 39.3. The second-order valence-corrected chi connectivity index (χ2v) is 16.5. The Hall–Kier alpha value is -2.03. The van der Waals surface area contributed by atoms with Gasteiger partial charge >= 0.3 is 19.8 Å². The Bertz CT molecular complexity index is 1050. The third-order valence-electron chi connectivity index (χ3n) is 8.58. The summed E-state index contributed by atoms with van der Waals surface area (Å²) in [4.78, 5) is 35.3. The summed E-state index contributed by atoms with van der Waals surface area (Å²) in [7, 11) is 1.45. The first kappa shape index (κ1) is 51.0. The van der Waals surface area contributed by atoms with Gasteiger partial charge in [0, 0.05) is 12.8 Å². The van der Waals surface area contributed by atoms with E-state index in [4.69, 9.17) is 18.5 Å². The maximum Gasteiger partial charge on any atom is 0.472 e. The molecule has 10 heteroatoms. The highest BCUT2D eigenvalue weighted by Gasteiger charge is 2.27. The molecule has 0 aliphatic carbocycles. The minimum absolute atomic E-state index is 0.0248. The van der Waals surface area contributed by atoms with Crippen LogP contribution in [0.1, 0.15) is 162 Å². The molecular weight excluding hydrogens is 689 g/mol. The van der Waals surface area contributed by atoms with Gasteiger partial charge in [-0.3, -0.25) is 18.6 Å². The van der Waals surface area contributed by atoms with Crippen LogP contribution in [0.5, 0.6) is 0 Å². The molecule has 0 saturated carbocycles. The Balaban J connectivity index is 4.45. The van der Waals surface area contributed by atoms with Gasteiger partial charge in [-0.15, -0.1) is 0 Å². The van der Waals surface area contributed by atoms with Gasteiger partial charge in [0.2, 0.25) is 0 Å². The van der Waals surface area contributed by atoms with Gasteiger partial charge in [-0.1, -0.05) is 127 Å². The van der Waals surface area contributed by atoms with E-state index >= 15 is 0 Å². The molecule has 53 heavy (non-hydrogen) atoms. The summed E-state index contributed by atoms with van der Waals surface area (Å²) in [6.45, 7) is 4.30. The number of esters is 2. The highest BCUT2D eigenvalue weighted by Crippen LogP contribution is 2.43. The van der Waals surface area contributed by atoms with E-state index in [0.29, 0.717) is 17.4 Å². The highest BCUT2D eigenvalue weighted by atomic mass is 31.2. The summed E-state index contributed by atoms with van der Waals surface area (Å²) in [5.41, 5.74) is 0. The number of hydrogen-bond acceptors (Lipinski definition) is 7. The normalized spacial score (nSPS) is 14.2. The number of phosphoric ester groups is 1. The van der Waals surface area contributed by atoms with E-state index in [1.54, 1.807) is 0 Å². The van der Waals surface area contributed by atoms with Crippen molar-refractivity contribution in [2.45, 2.75) is 168 Å². The SMILES string of the molecule is CCCC/C=C\C/C=C\CCCCCCCC(=O)OCC(COP(=O)(O)OCC[N+](C)(C)C)OC(=O)CCCCCCC/C=C\C/C=C\CCCCC. The van der Waals surface area contributed by atoms with E-state index in [2.05, 4.69) is 62.5 Å². The monoisotopic (exact) mass is 769 g/mol. The fourth-order valence-electron chi connectivity index (χ4n) is 5.23. The first-order valence-electron chi connectivity index (χ1n) is 20.9. The van der Waals surface area contributed by atoms with Crippen LogP contribution in [0.15, 0.2) is 48.6 Å². The second-order valence-electron chi connectivity index (χ2n) is 15.0. The molecule has 0 aliphatic heterocycles. The topological polar surface area (TPSA) is 108 Å². The van der Waals surface area contributed by atoms with Gasteiger partial charge in [0.25, 0.3) is 0 Å². The molecular formula is C43H79NO8P+. The van der Waals surface area contributed by atoms with Gasteiger partial charge in [-0.2, -0.15) is 0 Å². The minimum atomic E-state index is -4.38. The van der Waals surface area contributed by atoms with Gasteiger partial charge in [0.05, 0.1) is 27.7 Å². The quantitative estimate of drug-likeness (QED) is 0.0219. The summed E-state index contributed by atoms with van der Waals surface area (Å²) >= 11 is 0. The molecule has 9 nitrogen and oxygen atoms in total. The summed E-state index contributed by atoms with van der Waals surface area (Å²) in [5, 5.41) is 0. The predicted octanol–water partition coefficient (Wildman–Crippen LogP) is 11.5. The number of unbranched alkanes of at least 4 members (excludes halogenated alkanes) is 15. The summed E-state index contributed by atoms with van der Waals surface area (Å²) < 4.78 is 34.2. The molecule has 0 bridgehead atoms. The van der Waals surface area contributed by atoms with Gasteiger partial charge in [-0.05, 0) is 70.6 Å². The number of quaternary nitrogens is 1. The summed E-state index contributed by atoms with van der Waals surface area (Å²) in [6, 6.07) is 0. The third kappa shape index (κ3) is 39.5. The molecule has 0 amide bonds. The standard InChI is InChI=1S/C43H78NO8P/c1-6-8-10-12-14-16-18-20-22-24-26-28-30-32-34-36-43(46)52-41(40-51-53(47,48)50-38-37-44(3,4)5)39-49-42(45)35-33-31-29-27-25-23-21-19-17-15-13-11-9-7-2/h13-16,19-22,41H,6-12,17-18,23-40H2,1-5H3/p+1/b15-13-,16-14-,21-19-,22-20-. The van der Waals surface area contributed by atoms with Crippen LogP contribution >= 0.6 is 7.82 Å². The fourth-order valence-corrected chi connectivity index (χ4v) is 5.98. The molecule has 0 spiro atoms. The Morgan fingerprint density at radius 3 is 1.55 bits per heavy atom. The van der Waals surface area contributed by atoms with Gasteiger partial charge in [-0.25, -0.2) is 4.57 Å². The van der Waals surface area contributed by atoms with Crippen molar-refractivity contribution in [1.82, 2.24) is 0 Å². The van der Waals surface area contributed by atoms with Crippen molar-refractivity contribution in [3.63, 3.8) is 0 Å². The number of ether oxygens (including phenoxy) is 2. The number of hydrogen-bond donors (Lipinski definition) is 1. The molecule has 2 atom stereocenters. The molecule has 1 N–H and O–H groups in total. The molecule has 2 unspecified atom stereocenters. The molecule has 308 valence electrons. The molecule has 0 heterocycles. The largest absolute Gasteiger partial charge is 0.472 e. The Kier molecular flexibility index (Phi) is 34.3. The fraction of sp³-hybridized carbons (Fsp3) is 0.767. The van der Waals surface area contributed by atoms with Crippen molar-refractivity contribution in [3.05, 3.63) is 48.6 Å². The number of carbonyl (C=O) groups excluding carboxylic acids is 2. The lowest BCUT2D eigenvalue weighted by atomic mass is 10.1. The maximum absolute atomic E-state index is 12.7. The molecule has 0 rings (SSSR count). The van der Waals surface area contributed by atoms with E-state index in [9.17, 15) is 19.0 Å². The highest BCUT2D eigenvalue weighted by molar-refractivity contribution is 7.47. The zero-order valence-electron chi connectivity index (χ0n) is 34.5. The van der Waals surface area contributed by atoms with E-state index in [-0.39, 0.29) is 32.0 Å². The van der Waals surface area contributed by atoms with Crippen molar-refractivity contribution in [2.75, 3.05) is 47.5 Å². The number of nitrogens with zero attached hydrogens (tertiary/aromatic N) is 1. The second kappa shape index (κ2) is 35.7. The van der Waals surface area contributed by atoms with Crippen LogP contribution in [-0.4, -0.2) is 74.9 Å². The van der Waals surface area contributed by atoms with Crippen LogP contribution in [0, 0.1) is 0 Å². The average molecular weight is 769 g/mol. The number of likely N-dealkylation sites (N-methyl/N-ethyl adjacent to an activating group) is 1. The van der Waals surface area contributed by atoms with Crippen LogP contribution in [0.4, 0.5) is 0 Å². The van der Waals surface area contributed by atoms with Crippen molar-refractivity contribution in [3.8, 4) is 0 Å². The first-order valence-corrected chi connectivity index (χ1v) is 22.4. The zero-order valence-corrected chi connectivity index (χ0v) is 35.4. The molecule has 0 aliphatic rings. The van der Waals surface area contributed by atoms with E-state index in [1.807, 2.05) is 21.1 Å². The van der Waals surface area contributed by atoms with Gasteiger partial charge in [0.1, 0.15) is 19.8 Å². The minimum Gasteiger partial charge on any atom is -0.462 e. The summed E-state index contributed by atoms with van der Waals surface area (Å²) in [5.74, 6) is -0.835. The molecule has 0 aromatic carbocycles. The third-order valence-corrected chi connectivity index (χ3v) is 9.57. The lowest BCUT2D eigenvalue weighted by Gasteiger charge is -2.24. The Morgan fingerprint density at radius 1 is 0.585 bits per heavy atom. The van der Waals surface area contributed by atoms with Crippen LogP contribution in [-0.2, 0) is 32.7 Å². The lowest BCUT2D eigenvalue weighted by molar-refractivity contribution is -0.870. The molecule has 0 saturated heterocycles.